The number of benzene rings is 4. The van der Waals surface area contributed by atoms with E-state index in [1.807, 2.05) is 136 Å². The van der Waals surface area contributed by atoms with E-state index in [9.17, 15) is 33.6 Å². The Labute approximate surface area is 491 Å². The minimum Gasteiger partial charge on any atom is -0.481 e. The molecular formula is C66H86N10O8. The fourth-order valence-electron chi connectivity index (χ4n) is 8.77. The maximum Gasteiger partial charge on any atom is 0.316 e. The van der Waals surface area contributed by atoms with Crippen molar-refractivity contribution < 1.29 is 38.7 Å². The maximum atomic E-state index is 12.1. The Morgan fingerprint density at radius 1 is 0.488 bits per heavy atom. The molecule has 2 unspecified atom stereocenters. The van der Waals surface area contributed by atoms with Crippen molar-refractivity contribution in [3.8, 4) is 0 Å². The summed E-state index contributed by atoms with van der Waals surface area (Å²) in [5.74, 6) is -2.07. The van der Waals surface area contributed by atoms with Gasteiger partial charge in [-0.25, -0.2) is 0 Å². The number of ketones is 4. The van der Waals surface area contributed by atoms with Gasteiger partial charge in [-0.1, -0.05) is 84.9 Å². The van der Waals surface area contributed by atoms with Crippen LogP contribution < -0.4 is 33.6 Å². The maximum absolute atomic E-state index is 12.1. The molecule has 2 amide bonds. The fraction of sp³-hybridized carbons (Fsp3) is 0.379. The highest BCUT2D eigenvalue weighted by molar-refractivity contribution is 6.02. The number of aromatic amines is 4. The summed E-state index contributed by atoms with van der Waals surface area (Å²) in [6, 6.07) is 30.3. The number of amides is 2. The Hall–Kier alpha value is -8.29. The Kier molecular flexibility index (Phi) is 22.8. The predicted octanol–water partition coefficient (Wildman–Crippen LogP) is 8.75. The molecule has 0 radical (unpaired) electrons. The molecule has 0 aliphatic rings. The minimum absolute atomic E-state index is 0.0900. The second kappa shape index (κ2) is 28.8. The van der Waals surface area contributed by atoms with Gasteiger partial charge >= 0.3 is 5.97 Å². The van der Waals surface area contributed by atoms with E-state index in [0.29, 0.717) is 25.7 Å². The Balaban J connectivity index is 0.000000205. The summed E-state index contributed by atoms with van der Waals surface area (Å²) in [6.45, 7) is 17.9. The Bertz CT molecular complexity index is 3490. The van der Waals surface area contributed by atoms with Gasteiger partial charge in [0.05, 0.1) is 23.2 Å². The Morgan fingerprint density at radius 2 is 0.810 bits per heavy atom. The van der Waals surface area contributed by atoms with Crippen molar-refractivity contribution >= 4 is 84.5 Å². The zero-order chi connectivity index (χ0) is 62.3. The number of carbonyl (C=O) groups is 7. The molecule has 4 aromatic heterocycles. The first kappa shape index (κ1) is 66.5. The lowest BCUT2D eigenvalue weighted by atomic mass is 9.85. The summed E-state index contributed by atoms with van der Waals surface area (Å²) in [7, 11) is 0. The van der Waals surface area contributed by atoms with E-state index in [2.05, 4.69) is 42.7 Å². The number of hydrogen-bond acceptors (Lipinski definition) is 11. The number of hydrogen-bond donors (Lipinski definition) is 11. The molecule has 18 heteroatoms. The third-order valence-electron chi connectivity index (χ3n) is 15.5. The van der Waals surface area contributed by atoms with Gasteiger partial charge in [0.25, 0.3) is 0 Å². The molecule has 4 atom stereocenters. The molecule has 0 aliphatic carbocycles. The first-order valence-corrected chi connectivity index (χ1v) is 28.2. The van der Waals surface area contributed by atoms with E-state index in [1.165, 1.54) is 38.6 Å². The van der Waals surface area contributed by atoms with Gasteiger partial charge in [-0.2, -0.15) is 0 Å². The van der Waals surface area contributed by atoms with Crippen molar-refractivity contribution in [1.82, 2.24) is 30.6 Å². The highest BCUT2D eigenvalue weighted by Gasteiger charge is 2.35. The predicted molar refractivity (Wildman–Crippen MR) is 335 cm³/mol. The van der Waals surface area contributed by atoms with Crippen LogP contribution in [0.25, 0.3) is 43.6 Å². The summed E-state index contributed by atoms with van der Waals surface area (Å²) >= 11 is 0. The van der Waals surface area contributed by atoms with Crippen molar-refractivity contribution in [1.29, 1.82) is 0 Å². The van der Waals surface area contributed by atoms with Gasteiger partial charge < -0.3 is 58.6 Å². The lowest BCUT2D eigenvalue weighted by Crippen LogP contribution is -2.54. The number of aromatic nitrogens is 4. The summed E-state index contributed by atoms with van der Waals surface area (Å²) in [6.07, 6.45) is 14.5. The number of carboxylic acids is 1. The van der Waals surface area contributed by atoms with Crippen molar-refractivity contribution in [2.75, 3.05) is 0 Å². The molecule has 0 saturated heterocycles. The number of nitrogens with one attached hydrogen (secondary N) is 6. The first-order valence-electron chi connectivity index (χ1n) is 28.2. The van der Waals surface area contributed by atoms with E-state index in [4.69, 9.17) is 28.0 Å². The minimum atomic E-state index is -1.35. The van der Waals surface area contributed by atoms with E-state index < -0.39 is 40.0 Å². The molecule has 15 N–H and O–H groups in total. The highest BCUT2D eigenvalue weighted by Crippen LogP contribution is 2.25. The van der Waals surface area contributed by atoms with Crippen molar-refractivity contribution in [3.05, 3.63) is 156 Å². The van der Waals surface area contributed by atoms with Gasteiger partial charge in [0.15, 0.2) is 11.6 Å². The lowest BCUT2D eigenvalue weighted by Gasteiger charge is -2.25. The molecule has 0 spiro atoms. The van der Waals surface area contributed by atoms with Gasteiger partial charge in [-0.15, -0.1) is 0 Å². The standard InChI is InChI=1S/C17H22N2O3.C17H22N2O.2C16H21N3O2/c1-17(2,16(21)22)15(20)8-7-12(18)9-11-10-19-14-6-4-3-5-13(11)14;1-12(20)17(2,3)9-8-14(18)10-13-11-19-16-7-5-4-6-15(13)16;2*1-10(20)16(2,3)19-15(21)13(17)8-11-9-18-14-7-5-4-6-12(11)14/h3-6,10,12,19H,7-9,18H2,1-2H3,(H,21,22);4-9,11,14,19H,10,18H2,1-3H3;2*4-7,9,13,18H,8,17H2,1-3H3,(H,19,21)/b;9-8+;;/t12-;14-;;/m00../s1. The van der Waals surface area contributed by atoms with Gasteiger partial charge in [-0.05, 0) is 155 Å². The number of Topliss-reactive ketones (excluding diaryl/α,β-unsaturated/α-hetero) is 4. The van der Waals surface area contributed by atoms with Crippen LogP contribution in [-0.4, -0.2) is 101 Å². The normalized spacial score (nSPS) is 13.4. The van der Waals surface area contributed by atoms with Gasteiger partial charge in [0.1, 0.15) is 17.0 Å². The largest absolute Gasteiger partial charge is 0.481 e. The number of carboxylic acid groups (broad SMARTS) is 1. The number of fused-ring (bicyclic) bond motifs is 4. The second-order valence-corrected chi connectivity index (χ2v) is 23.8. The number of para-hydroxylation sites is 4. The summed E-state index contributed by atoms with van der Waals surface area (Å²) in [4.78, 5) is 94.4. The molecule has 4 heterocycles. The molecule has 448 valence electrons. The summed E-state index contributed by atoms with van der Waals surface area (Å²) < 4.78 is 0. The summed E-state index contributed by atoms with van der Waals surface area (Å²) in [5.41, 5.74) is 29.2. The lowest BCUT2D eigenvalue weighted by molar-refractivity contribution is -0.152. The van der Waals surface area contributed by atoms with E-state index in [1.54, 1.807) is 34.6 Å². The van der Waals surface area contributed by atoms with Crippen LogP contribution in [-0.2, 0) is 59.2 Å². The molecule has 4 aromatic carbocycles. The van der Waals surface area contributed by atoms with Crippen LogP contribution in [0.1, 0.15) is 111 Å². The zero-order valence-corrected chi connectivity index (χ0v) is 50.4. The van der Waals surface area contributed by atoms with Crippen LogP contribution in [0.5, 0.6) is 0 Å². The van der Waals surface area contributed by atoms with Crippen LogP contribution in [0.15, 0.2) is 134 Å². The topological polar surface area (TPSA) is 331 Å². The monoisotopic (exact) mass is 1150 g/mol. The molecule has 8 rings (SSSR count). The average molecular weight is 1150 g/mol. The van der Waals surface area contributed by atoms with Gasteiger partial charge in [0, 0.05) is 92.3 Å². The molecule has 0 fully saturated rings. The van der Waals surface area contributed by atoms with Crippen LogP contribution in [0.3, 0.4) is 0 Å². The van der Waals surface area contributed by atoms with E-state index in [0.717, 1.165) is 61.3 Å². The second-order valence-electron chi connectivity index (χ2n) is 23.8. The van der Waals surface area contributed by atoms with Gasteiger partial charge in [-0.3, -0.25) is 33.6 Å². The van der Waals surface area contributed by atoms with Crippen LogP contribution in [0.4, 0.5) is 0 Å². The number of nitrogens with two attached hydrogens (primary N) is 4. The van der Waals surface area contributed by atoms with Crippen LogP contribution in [0, 0.1) is 10.8 Å². The third kappa shape index (κ3) is 18.1. The van der Waals surface area contributed by atoms with E-state index in [-0.39, 0.29) is 53.5 Å². The van der Waals surface area contributed by atoms with Crippen LogP contribution >= 0.6 is 0 Å². The van der Waals surface area contributed by atoms with Crippen LogP contribution in [0.2, 0.25) is 0 Å². The SMILES string of the molecule is CC(=O)C(C)(C)/C=C/[C@H](N)Cc1c[nH]c2ccccc12.CC(=O)C(C)(C)NC(=O)C(N)Cc1c[nH]c2ccccc12.CC(=O)C(C)(C)NC(=O)C(N)Cc1c[nH]c2ccccc12.CC(C)(C(=O)O)C(=O)CC[C@H](N)Cc1c[nH]c2ccccc12. The van der Waals surface area contributed by atoms with Gasteiger partial charge in [0.2, 0.25) is 11.8 Å². The smallest absolute Gasteiger partial charge is 0.316 e. The number of allylic oxidation sites excluding steroid dienone is 1. The Morgan fingerprint density at radius 3 is 1.13 bits per heavy atom. The molecule has 0 aliphatic heterocycles. The molecule has 18 nitrogen and oxygen atoms in total. The summed E-state index contributed by atoms with van der Waals surface area (Å²) in [5, 5.41) is 18.9. The zero-order valence-electron chi connectivity index (χ0n) is 50.4. The quantitative estimate of drug-likeness (QED) is 0.0224. The van der Waals surface area contributed by atoms with E-state index >= 15 is 0 Å². The number of rotatable bonds is 22. The molecule has 8 aromatic rings. The highest BCUT2D eigenvalue weighted by atomic mass is 16.4. The molecule has 0 bridgehead atoms. The number of carbonyl (C=O) groups excluding carboxylic acids is 6. The fourth-order valence-corrected chi connectivity index (χ4v) is 8.77. The number of aliphatic carboxylic acids is 1. The third-order valence-corrected chi connectivity index (χ3v) is 15.5. The van der Waals surface area contributed by atoms with Crippen molar-refractivity contribution in [2.45, 2.75) is 150 Å². The molecule has 84 heavy (non-hydrogen) atoms. The first-order chi connectivity index (χ1) is 39.3. The molecule has 0 saturated carbocycles. The van der Waals surface area contributed by atoms with Crippen molar-refractivity contribution in [3.63, 3.8) is 0 Å². The van der Waals surface area contributed by atoms with Crippen molar-refractivity contribution in [2.24, 2.45) is 33.8 Å². The average Bonchev–Trinajstić information content (AvgIpc) is 4.05. The number of H-pyrrole nitrogens is 4. The molecular weight excluding hydrogens is 1060 g/mol.